The summed E-state index contributed by atoms with van der Waals surface area (Å²) in [5, 5.41) is 5.04. The number of rotatable bonds is 7. The molecule has 11 aromatic rings. The molecule has 0 amide bonds. The van der Waals surface area contributed by atoms with Gasteiger partial charge in [-0.2, -0.15) is 0 Å². The molecule has 0 saturated carbocycles. The molecule has 0 N–H and O–H groups in total. The molecule has 1 heterocycles. The van der Waals surface area contributed by atoms with Crippen LogP contribution in [0.3, 0.4) is 0 Å². The largest absolute Gasteiger partial charge is 0.264 e. The smallest absolute Gasteiger partial charge is 0.0713 e. The molecule has 0 saturated heterocycles. The summed E-state index contributed by atoms with van der Waals surface area (Å²) in [5.41, 5.74) is 21.9. The highest BCUT2D eigenvalue weighted by Crippen LogP contribution is 2.67. The van der Waals surface area contributed by atoms with Crippen molar-refractivity contribution in [3.63, 3.8) is 0 Å². The average Bonchev–Trinajstić information content (AvgIpc) is 3.83. The first-order valence-corrected chi connectivity index (χ1v) is 23.1. The molecular formula is C65H45N. The Kier molecular flexibility index (Phi) is 8.54. The maximum Gasteiger partial charge on any atom is 0.0713 e. The Bertz CT molecular complexity index is 3510. The Morgan fingerprint density at radius 3 is 1.02 bits per heavy atom. The zero-order valence-corrected chi connectivity index (χ0v) is 37.0. The van der Waals surface area contributed by atoms with E-state index in [9.17, 15) is 0 Å². The second kappa shape index (κ2) is 14.7. The van der Waals surface area contributed by atoms with Crippen LogP contribution in [0.4, 0.5) is 0 Å². The summed E-state index contributed by atoms with van der Waals surface area (Å²) in [7, 11) is 0. The van der Waals surface area contributed by atoms with Crippen LogP contribution < -0.4 is 0 Å². The number of aryl methyl sites for hydroxylation is 2. The van der Waals surface area contributed by atoms with Gasteiger partial charge in [0.1, 0.15) is 0 Å². The van der Waals surface area contributed by atoms with Gasteiger partial charge in [-0.15, -0.1) is 0 Å². The first-order chi connectivity index (χ1) is 32.6. The monoisotopic (exact) mass is 839 g/mol. The predicted octanol–water partition coefficient (Wildman–Crippen LogP) is 16.1. The van der Waals surface area contributed by atoms with Gasteiger partial charge in [0, 0.05) is 12.4 Å². The van der Waals surface area contributed by atoms with E-state index in [4.69, 9.17) is 0 Å². The molecule has 1 heteroatoms. The maximum atomic E-state index is 4.47. The highest BCUT2D eigenvalue weighted by Gasteiger charge is 2.56. The molecule has 0 bridgehead atoms. The summed E-state index contributed by atoms with van der Waals surface area (Å²) in [6.45, 7) is 4.58. The van der Waals surface area contributed by atoms with Crippen LogP contribution >= 0.6 is 0 Å². The van der Waals surface area contributed by atoms with E-state index in [2.05, 4.69) is 237 Å². The van der Waals surface area contributed by atoms with Crippen molar-refractivity contribution >= 4 is 21.5 Å². The Balaban J connectivity index is 1.10. The van der Waals surface area contributed by atoms with Gasteiger partial charge in [0.15, 0.2) is 0 Å². The van der Waals surface area contributed by atoms with Crippen molar-refractivity contribution in [1.82, 2.24) is 4.98 Å². The highest BCUT2D eigenvalue weighted by molar-refractivity contribution is 6.21. The van der Waals surface area contributed by atoms with E-state index >= 15 is 0 Å². The molecule has 10 aromatic carbocycles. The van der Waals surface area contributed by atoms with Crippen molar-refractivity contribution in [3.8, 4) is 44.5 Å². The molecule has 0 unspecified atom stereocenters. The van der Waals surface area contributed by atoms with Gasteiger partial charge in [0.25, 0.3) is 0 Å². The van der Waals surface area contributed by atoms with Crippen LogP contribution in [0.15, 0.2) is 237 Å². The van der Waals surface area contributed by atoms with Crippen molar-refractivity contribution in [2.75, 3.05) is 0 Å². The summed E-state index contributed by atoms with van der Waals surface area (Å²) in [6, 6.07) is 84.3. The van der Waals surface area contributed by atoms with E-state index in [0.717, 1.165) is 11.1 Å². The number of pyridine rings is 1. The van der Waals surface area contributed by atoms with Crippen molar-refractivity contribution in [2.45, 2.75) is 24.7 Å². The second-order valence-corrected chi connectivity index (χ2v) is 18.3. The Labute approximate surface area is 386 Å². The van der Waals surface area contributed by atoms with Crippen LogP contribution in [0.25, 0.3) is 66.1 Å². The fourth-order valence-corrected chi connectivity index (χ4v) is 12.2. The summed E-state index contributed by atoms with van der Waals surface area (Å²) in [6.07, 6.45) is 3.80. The first kappa shape index (κ1) is 38.3. The van der Waals surface area contributed by atoms with E-state index in [0.29, 0.717) is 0 Å². The first-order valence-electron chi connectivity index (χ1n) is 23.1. The standard InChI is InChI=1S/C65H45N/c1-42-37-56-62-58(39-42)65(50-32-28-44(29-33-50)47-19-16-36-66-41-47,59-40-43(2)38-57(63(59)62)64(56,48-20-8-4-9-21-48)49-22-10-5-11-23-49)51-34-30-46(31-35-51)61-54-26-14-12-24-52(54)60(45-17-6-3-7-18-45)53-25-13-15-27-55(53)61/h3-41H,1-2H3. The fourth-order valence-electron chi connectivity index (χ4n) is 12.2. The van der Waals surface area contributed by atoms with Gasteiger partial charge in [-0.05, 0) is 130 Å². The van der Waals surface area contributed by atoms with Gasteiger partial charge >= 0.3 is 0 Å². The topological polar surface area (TPSA) is 12.9 Å². The predicted molar refractivity (Wildman–Crippen MR) is 274 cm³/mol. The molecule has 0 spiro atoms. The lowest BCUT2D eigenvalue weighted by atomic mass is 9.62. The molecule has 1 aromatic heterocycles. The number of aromatic nitrogens is 1. The molecule has 13 rings (SSSR count). The number of benzene rings is 10. The number of fused-ring (bicyclic) bond motifs is 2. The third-order valence-corrected chi connectivity index (χ3v) is 14.8. The quantitative estimate of drug-likeness (QED) is 0.146. The van der Waals surface area contributed by atoms with Crippen molar-refractivity contribution in [3.05, 3.63) is 292 Å². The van der Waals surface area contributed by atoms with Crippen molar-refractivity contribution in [2.24, 2.45) is 0 Å². The molecule has 0 aliphatic heterocycles. The molecule has 0 atom stereocenters. The van der Waals surface area contributed by atoms with Crippen LogP contribution in [0.2, 0.25) is 0 Å². The van der Waals surface area contributed by atoms with Crippen molar-refractivity contribution < 1.29 is 0 Å². The van der Waals surface area contributed by atoms with Gasteiger partial charge < -0.3 is 0 Å². The normalized spacial score (nSPS) is 13.8. The number of hydrogen-bond donors (Lipinski definition) is 0. The van der Waals surface area contributed by atoms with Crippen LogP contribution in [-0.2, 0) is 10.8 Å². The molecule has 66 heavy (non-hydrogen) atoms. The SMILES string of the molecule is Cc1cc2c3c(c1)C(c1ccc(-c4cccnc4)cc1)(c1ccc(-c4c5ccccc5c(-c5ccccc5)c5ccccc45)cc1)c1cc(C)cc(c1-3)C2(c1ccccc1)c1ccccc1. The summed E-state index contributed by atoms with van der Waals surface area (Å²) >= 11 is 0. The van der Waals surface area contributed by atoms with Gasteiger partial charge in [0.05, 0.1) is 10.8 Å². The molecule has 2 aliphatic rings. The van der Waals surface area contributed by atoms with E-state index < -0.39 is 10.8 Å². The lowest BCUT2D eigenvalue weighted by Gasteiger charge is -2.39. The number of hydrogen-bond acceptors (Lipinski definition) is 1. The Morgan fingerprint density at radius 1 is 0.288 bits per heavy atom. The Morgan fingerprint density at radius 2 is 0.621 bits per heavy atom. The molecule has 2 aliphatic carbocycles. The third-order valence-electron chi connectivity index (χ3n) is 14.8. The highest BCUT2D eigenvalue weighted by atomic mass is 14.6. The molecule has 310 valence electrons. The maximum absolute atomic E-state index is 4.47. The lowest BCUT2D eigenvalue weighted by molar-refractivity contribution is 0.730. The minimum absolute atomic E-state index is 0.483. The zero-order chi connectivity index (χ0) is 44.0. The van der Waals surface area contributed by atoms with E-state index in [-0.39, 0.29) is 0 Å². The Hall–Kier alpha value is -8.13. The summed E-state index contributed by atoms with van der Waals surface area (Å²) < 4.78 is 0. The van der Waals surface area contributed by atoms with Gasteiger partial charge in [0.2, 0.25) is 0 Å². The fraction of sp³-hybridized carbons (Fsp3) is 0.0615. The van der Waals surface area contributed by atoms with E-state index in [1.54, 1.807) is 0 Å². The van der Waals surface area contributed by atoms with Crippen LogP contribution in [0.5, 0.6) is 0 Å². The molecule has 0 radical (unpaired) electrons. The van der Waals surface area contributed by atoms with Crippen LogP contribution in [-0.4, -0.2) is 4.98 Å². The lowest BCUT2D eigenvalue weighted by Crippen LogP contribution is -2.33. The minimum atomic E-state index is -0.598. The molecule has 1 nitrogen and oxygen atoms in total. The van der Waals surface area contributed by atoms with Gasteiger partial charge in [-0.3, -0.25) is 4.98 Å². The third kappa shape index (κ3) is 5.32. The van der Waals surface area contributed by atoms with Crippen molar-refractivity contribution in [1.29, 1.82) is 0 Å². The molecule has 0 fully saturated rings. The van der Waals surface area contributed by atoms with E-state index in [1.165, 1.54) is 111 Å². The second-order valence-electron chi connectivity index (χ2n) is 18.3. The molecular weight excluding hydrogens is 795 g/mol. The summed E-state index contributed by atoms with van der Waals surface area (Å²) in [5.74, 6) is 0. The minimum Gasteiger partial charge on any atom is -0.264 e. The van der Waals surface area contributed by atoms with Crippen LogP contribution in [0, 0.1) is 13.8 Å². The van der Waals surface area contributed by atoms with Gasteiger partial charge in [-0.1, -0.05) is 230 Å². The van der Waals surface area contributed by atoms with Gasteiger partial charge in [-0.25, -0.2) is 0 Å². The van der Waals surface area contributed by atoms with E-state index in [1.807, 2.05) is 18.5 Å². The zero-order valence-electron chi connectivity index (χ0n) is 37.0. The number of nitrogens with zero attached hydrogens (tertiary/aromatic N) is 1. The van der Waals surface area contributed by atoms with Crippen LogP contribution in [0.1, 0.15) is 55.6 Å². The average molecular weight is 840 g/mol. The summed E-state index contributed by atoms with van der Waals surface area (Å²) in [4.78, 5) is 4.47.